The number of sulfonamides is 1. The number of hydrogen-bond donors (Lipinski definition) is 1. The molecule has 0 aromatic heterocycles. The molecule has 0 fully saturated rings. The number of nitrogens with one attached hydrogen (secondary N) is 1. The summed E-state index contributed by atoms with van der Waals surface area (Å²) in [5.74, 6) is -2.23. The highest BCUT2D eigenvalue weighted by Crippen LogP contribution is 2.37. The molecule has 0 aliphatic heterocycles. The molecule has 1 atom stereocenters. The van der Waals surface area contributed by atoms with Crippen molar-refractivity contribution < 1.29 is 35.6 Å². The van der Waals surface area contributed by atoms with Crippen LogP contribution in [0.2, 0.25) is 5.02 Å². The fourth-order valence-electron chi connectivity index (χ4n) is 4.84. The van der Waals surface area contributed by atoms with Crippen LogP contribution in [0, 0.1) is 5.82 Å². The number of nitrogens with zero attached hydrogens (tertiary/aromatic N) is 2. The van der Waals surface area contributed by atoms with Crippen molar-refractivity contribution in [3.8, 4) is 0 Å². The van der Waals surface area contributed by atoms with Crippen molar-refractivity contribution in [3.05, 3.63) is 131 Å². The van der Waals surface area contributed by atoms with Gasteiger partial charge in [-0.2, -0.15) is 13.2 Å². The molecule has 13 heteroatoms. The first kappa shape index (κ1) is 35.4. The molecule has 0 spiro atoms. The van der Waals surface area contributed by atoms with Gasteiger partial charge in [0.1, 0.15) is 18.4 Å². The molecule has 0 aliphatic carbocycles. The Morgan fingerprint density at radius 1 is 0.894 bits per heavy atom. The van der Waals surface area contributed by atoms with Gasteiger partial charge in [-0.25, -0.2) is 12.8 Å². The maximum atomic E-state index is 15.0. The molecule has 4 aromatic carbocycles. The van der Waals surface area contributed by atoms with E-state index in [1.54, 1.807) is 42.5 Å². The van der Waals surface area contributed by atoms with E-state index in [1.165, 1.54) is 42.5 Å². The van der Waals surface area contributed by atoms with Crippen molar-refractivity contribution in [2.45, 2.75) is 43.4 Å². The lowest BCUT2D eigenvalue weighted by molar-refractivity contribution is -0.140. The van der Waals surface area contributed by atoms with Crippen molar-refractivity contribution in [1.82, 2.24) is 10.2 Å². The largest absolute Gasteiger partial charge is 0.416 e. The normalized spacial score (nSPS) is 12.3. The number of alkyl halides is 3. The summed E-state index contributed by atoms with van der Waals surface area (Å²) in [7, 11) is -4.71. The van der Waals surface area contributed by atoms with Crippen LogP contribution in [-0.2, 0) is 38.8 Å². The number of hydrogen-bond acceptors (Lipinski definition) is 4. The highest BCUT2D eigenvalue weighted by atomic mass is 35.5. The van der Waals surface area contributed by atoms with Gasteiger partial charge in [0, 0.05) is 25.1 Å². The van der Waals surface area contributed by atoms with Gasteiger partial charge in [-0.1, -0.05) is 85.3 Å². The summed E-state index contributed by atoms with van der Waals surface area (Å²) in [5, 5.41) is 2.39. The molecule has 0 bridgehead atoms. The molecule has 0 saturated heterocycles. The number of halogens is 5. The molecule has 1 unspecified atom stereocenters. The Bertz CT molecular complexity index is 1790. The lowest BCUT2D eigenvalue weighted by Gasteiger charge is -2.34. The van der Waals surface area contributed by atoms with E-state index < -0.39 is 64.2 Å². The molecular formula is C34H32ClF4N3O4S. The smallest absolute Gasteiger partial charge is 0.354 e. The Balaban J connectivity index is 1.87. The minimum atomic E-state index is -4.86. The van der Waals surface area contributed by atoms with Crippen LogP contribution in [0.15, 0.2) is 108 Å². The van der Waals surface area contributed by atoms with Crippen LogP contribution >= 0.6 is 11.6 Å². The summed E-state index contributed by atoms with van der Waals surface area (Å²) in [6.45, 7) is 0.594. The lowest BCUT2D eigenvalue weighted by atomic mass is 10.0. The predicted octanol–water partition coefficient (Wildman–Crippen LogP) is 6.86. The zero-order valence-electron chi connectivity index (χ0n) is 25.3. The highest BCUT2D eigenvalue weighted by molar-refractivity contribution is 7.92. The zero-order valence-corrected chi connectivity index (χ0v) is 26.8. The number of carbonyl (C=O) groups is 2. The molecule has 7 nitrogen and oxygen atoms in total. The second-order valence-corrected chi connectivity index (χ2v) is 12.9. The summed E-state index contributed by atoms with van der Waals surface area (Å²) in [6, 6.07) is 22.0. The number of amides is 2. The molecule has 0 radical (unpaired) electrons. The average Bonchev–Trinajstić information content (AvgIpc) is 3.05. The second kappa shape index (κ2) is 15.4. The third-order valence-electron chi connectivity index (χ3n) is 7.27. The first-order valence-electron chi connectivity index (χ1n) is 14.6. The van der Waals surface area contributed by atoms with Crippen molar-refractivity contribution in [1.29, 1.82) is 0 Å². The van der Waals surface area contributed by atoms with Gasteiger partial charge in [-0.3, -0.25) is 13.9 Å². The maximum Gasteiger partial charge on any atom is 0.416 e. The van der Waals surface area contributed by atoms with Gasteiger partial charge >= 0.3 is 6.18 Å². The number of anilines is 1. The van der Waals surface area contributed by atoms with Gasteiger partial charge in [0.2, 0.25) is 11.8 Å². The fourth-order valence-corrected chi connectivity index (χ4v) is 6.56. The third-order valence-corrected chi connectivity index (χ3v) is 9.36. The first-order chi connectivity index (χ1) is 22.3. The zero-order chi connectivity index (χ0) is 34.2. The van der Waals surface area contributed by atoms with E-state index in [0.717, 1.165) is 11.0 Å². The molecular weight excluding hydrogens is 658 g/mol. The lowest BCUT2D eigenvalue weighted by Crippen LogP contribution is -2.53. The minimum absolute atomic E-state index is 0.0215. The summed E-state index contributed by atoms with van der Waals surface area (Å²) < 4.78 is 84.9. The quantitative estimate of drug-likeness (QED) is 0.156. The summed E-state index contributed by atoms with van der Waals surface area (Å²) in [5.41, 5.74) is -1.09. The van der Waals surface area contributed by atoms with E-state index in [0.29, 0.717) is 28.4 Å². The van der Waals surface area contributed by atoms with Crippen molar-refractivity contribution in [2.24, 2.45) is 0 Å². The Kier molecular flexibility index (Phi) is 11.6. The number of rotatable bonds is 13. The Morgan fingerprint density at radius 3 is 2.13 bits per heavy atom. The molecule has 47 heavy (non-hydrogen) atoms. The minimum Gasteiger partial charge on any atom is -0.354 e. The summed E-state index contributed by atoms with van der Waals surface area (Å²) >= 11 is 6.31. The van der Waals surface area contributed by atoms with Crippen LogP contribution < -0.4 is 9.62 Å². The molecule has 0 heterocycles. The molecule has 4 rings (SSSR count). The van der Waals surface area contributed by atoms with Crippen LogP contribution in [0.3, 0.4) is 0 Å². The van der Waals surface area contributed by atoms with E-state index in [1.807, 2.05) is 6.92 Å². The SMILES string of the molecule is CCCNC(=O)C(Cc1ccccc1)N(Cc1ccccc1F)C(=O)CN(c1cc(C(F)(F)F)ccc1Cl)S(=O)(=O)c1ccccc1. The van der Waals surface area contributed by atoms with Crippen LogP contribution in [0.25, 0.3) is 0 Å². The maximum absolute atomic E-state index is 15.0. The number of carbonyl (C=O) groups excluding carboxylic acids is 2. The topological polar surface area (TPSA) is 86.8 Å². The van der Waals surface area contributed by atoms with Crippen molar-refractivity contribution in [3.63, 3.8) is 0 Å². The fraction of sp³-hybridized carbons (Fsp3) is 0.235. The Labute approximate surface area is 275 Å². The van der Waals surface area contributed by atoms with Gasteiger partial charge in [-0.15, -0.1) is 0 Å². The van der Waals surface area contributed by atoms with Gasteiger partial charge in [0.05, 0.1) is 21.2 Å². The van der Waals surface area contributed by atoms with E-state index >= 15 is 0 Å². The molecule has 0 aliphatic rings. The van der Waals surface area contributed by atoms with Gasteiger partial charge in [-0.05, 0) is 48.4 Å². The van der Waals surface area contributed by atoms with E-state index in [2.05, 4.69) is 5.32 Å². The van der Waals surface area contributed by atoms with Gasteiger partial charge < -0.3 is 10.2 Å². The monoisotopic (exact) mass is 689 g/mol. The van der Waals surface area contributed by atoms with Crippen LogP contribution in [0.4, 0.5) is 23.2 Å². The molecule has 1 N–H and O–H groups in total. The standard InChI is InChI=1S/C34H32ClF4N3O4S/c1-2-19-40-33(44)31(20-24-11-5-3-6-12-24)41(22-25-13-9-10-16-29(25)36)32(43)23-42(47(45,46)27-14-7-4-8-15-27)30-21-26(34(37,38)39)17-18-28(30)35/h3-18,21,31H,2,19-20,22-23H2,1H3,(H,40,44). The van der Waals surface area contributed by atoms with Crippen molar-refractivity contribution >= 4 is 39.1 Å². The van der Waals surface area contributed by atoms with Crippen LogP contribution in [0.5, 0.6) is 0 Å². The van der Waals surface area contributed by atoms with E-state index in [-0.39, 0.29) is 28.4 Å². The van der Waals surface area contributed by atoms with Gasteiger partial charge in [0.25, 0.3) is 10.0 Å². The average molecular weight is 690 g/mol. The summed E-state index contributed by atoms with van der Waals surface area (Å²) in [4.78, 5) is 28.7. The second-order valence-electron chi connectivity index (χ2n) is 10.6. The Hall–Kier alpha value is -4.42. The van der Waals surface area contributed by atoms with Crippen molar-refractivity contribution in [2.75, 3.05) is 17.4 Å². The van der Waals surface area contributed by atoms with E-state index in [4.69, 9.17) is 11.6 Å². The summed E-state index contributed by atoms with van der Waals surface area (Å²) in [6.07, 6.45) is -4.31. The first-order valence-corrected chi connectivity index (χ1v) is 16.4. The van der Waals surface area contributed by atoms with E-state index in [9.17, 15) is 35.6 Å². The molecule has 248 valence electrons. The van der Waals surface area contributed by atoms with Gasteiger partial charge in [0.15, 0.2) is 0 Å². The van der Waals surface area contributed by atoms with Crippen LogP contribution in [-0.4, -0.2) is 44.3 Å². The Morgan fingerprint density at radius 2 is 1.51 bits per heavy atom. The molecule has 0 saturated carbocycles. The van der Waals surface area contributed by atoms with Crippen LogP contribution in [0.1, 0.15) is 30.0 Å². The molecule has 2 amide bonds. The predicted molar refractivity (Wildman–Crippen MR) is 172 cm³/mol. The molecule has 4 aromatic rings. The third kappa shape index (κ3) is 8.89. The number of benzene rings is 4. The highest BCUT2D eigenvalue weighted by Gasteiger charge is 2.37.